The van der Waals surface area contributed by atoms with Crippen molar-refractivity contribution >= 4 is 5.91 Å². The molecule has 1 saturated heterocycles. The number of nitrogens with zero attached hydrogens (tertiary/aromatic N) is 1. The lowest BCUT2D eigenvalue weighted by Crippen LogP contribution is -2.30. The van der Waals surface area contributed by atoms with Crippen LogP contribution in [0.2, 0.25) is 0 Å². The number of ether oxygens (including phenoxy) is 3. The Morgan fingerprint density at radius 1 is 0.962 bits per heavy atom. The van der Waals surface area contributed by atoms with Crippen LogP contribution in [-0.4, -0.2) is 58.3 Å². The lowest BCUT2D eigenvalue weighted by atomic mass is 10.1. The SMILES string of the molecule is COc1ccc(C(=O)NCCCCCN2CCCCC2)c(OC)c1OC. The van der Waals surface area contributed by atoms with Crippen LogP contribution in [0.4, 0.5) is 0 Å². The van der Waals surface area contributed by atoms with Crippen LogP contribution in [-0.2, 0) is 0 Å². The summed E-state index contributed by atoms with van der Waals surface area (Å²) in [6, 6.07) is 3.42. The average molecular weight is 364 g/mol. The topological polar surface area (TPSA) is 60.0 Å². The molecule has 1 aliphatic rings. The summed E-state index contributed by atoms with van der Waals surface area (Å²) in [5.41, 5.74) is 0.457. The molecule has 146 valence electrons. The fraction of sp³-hybridized carbons (Fsp3) is 0.650. The predicted molar refractivity (Wildman–Crippen MR) is 103 cm³/mol. The van der Waals surface area contributed by atoms with Gasteiger partial charge in [-0.05, 0) is 57.5 Å². The molecule has 0 unspecified atom stereocenters. The highest BCUT2D eigenvalue weighted by atomic mass is 16.5. The molecule has 0 saturated carbocycles. The smallest absolute Gasteiger partial charge is 0.255 e. The minimum atomic E-state index is -0.154. The molecule has 1 fully saturated rings. The van der Waals surface area contributed by atoms with E-state index >= 15 is 0 Å². The number of piperidine rings is 1. The molecule has 1 heterocycles. The van der Waals surface area contributed by atoms with E-state index < -0.39 is 0 Å². The number of methoxy groups -OCH3 is 3. The van der Waals surface area contributed by atoms with E-state index in [9.17, 15) is 4.79 Å². The second kappa shape index (κ2) is 10.9. The standard InChI is InChI=1S/C20H32N2O4/c1-24-17-11-10-16(18(25-2)19(17)26-3)20(23)21-12-6-4-7-13-22-14-8-5-9-15-22/h10-11H,4-9,12-15H2,1-3H3,(H,21,23). The summed E-state index contributed by atoms with van der Waals surface area (Å²) in [5, 5.41) is 2.97. The maximum Gasteiger partial charge on any atom is 0.255 e. The molecule has 1 amide bonds. The number of likely N-dealkylation sites (tertiary alicyclic amines) is 1. The molecule has 1 aliphatic heterocycles. The Kier molecular flexibility index (Phi) is 8.54. The van der Waals surface area contributed by atoms with Crippen molar-refractivity contribution in [2.45, 2.75) is 38.5 Å². The van der Waals surface area contributed by atoms with Crippen molar-refractivity contribution in [2.24, 2.45) is 0 Å². The summed E-state index contributed by atoms with van der Waals surface area (Å²) in [6.07, 6.45) is 7.35. The summed E-state index contributed by atoms with van der Waals surface area (Å²) in [7, 11) is 4.61. The number of carbonyl (C=O) groups is 1. The molecular weight excluding hydrogens is 332 g/mol. The van der Waals surface area contributed by atoms with Crippen molar-refractivity contribution in [1.29, 1.82) is 0 Å². The maximum absolute atomic E-state index is 12.5. The normalized spacial score (nSPS) is 14.7. The first-order valence-electron chi connectivity index (χ1n) is 9.50. The van der Waals surface area contributed by atoms with Gasteiger partial charge in [0, 0.05) is 6.54 Å². The highest BCUT2D eigenvalue weighted by Crippen LogP contribution is 2.39. The highest BCUT2D eigenvalue weighted by Gasteiger charge is 2.20. The zero-order chi connectivity index (χ0) is 18.8. The van der Waals surface area contributed by atoms with Gasteiger partial charge in [-0.2, -0.15) is 0 Å². The van der Waals surface area contributed by atoms with Crippen molar-refractivity contribution in [1.82, 2.24) is 10.2 Å². The molecule has 1 aromatic carbocycles. The van der Waals surface area contributed by atoms with Gasteiger partial charge in [0.2, 0.25) is 5.75 Å². The molecule has 0 atom stereocenters. The van der Waals surface area contributed by atoms with E-state index in [1.165, 1.54) is 59.5 Å². The van der Waals surface area contributed by atoms with E-state index in [-0.39, 0.29) is 5.91 Å². The molecule has 0 aromatic heterocycles. The fourth-order valence-electron chi connectivity index (χ4n) is 3.40. The van der Waals surface area contributed by atoms with Gasteiger partial charge in [0.05, 0.1) is 26.9 Å². The summed E-state index contributed by atoms with van der Waals surface area (Å²) >= 11 is 0. The van der Waals surface area contributed by atoms with Gasteiger partial charge in [-0.15, -0.1) is 0 Å². The molecule has 0 spiro atoms. The lowest BCUT2D eigenvalue weighted by molar-refractivity contribution is 0.0949. The minimum absolute atomic E-state index is 0.154. The second-order valence-corrected chi connectivity index (χ2v) is 6.60. The van der Waals surface area contributed by atoms with Crippen LogP contribution >= 0.6 is 0 Å². The summed E-state index contributed by atoms with van der Waals surface area (Å²) in [4.78, 5) is 15.0. The van der Waals surface area contributed by atoms with Crippen molar-refractivity contribution in [2.75, 3.05) is 47.5 Å². The number of hydrogen-bond donors (Lipinski definition) is 1. The Hall–Kier alpha value is -1.95. The lowest BCUT2D eigenvalue weighted by Gasteiger charge is -2.26. The summed E-state index contributed by atoms with van der Waals surface area (Å²) in [6.45, 7) is 4.33. The Bertz CT molecular complexity index is 571. The van der Waals surface area contributed by atoms with Crippen LogP contribution in [0.5, 0.6) is 17.2 Å². The van der Waals surface area contributed by atoms with Gasteiger partial charge < -0.3 is 24.4 Å². The molecule has 2 rings (SSSR count). The molecular formula is C20H32N2O4. The van der Waals surface area contributed by atoms with E-state index in [4.69, 9.17) is 14.2 Å². The quantitative estimate of drug-likeness (QED) is 0.647. The molecule has 0 aliphatic carbocycles. The number of rotatable bonds is 10. The van der Waals surface area contributed by atoms with Crippen molar-refractivity contribution in [3.63, 3.8) is 0 Å². The highest BCUT2D eigenvalue weighted by molar-refractivity contribution is 5.98. The average Bonchev–Trinajstić information content (AvgIpc) is 2.69. The van der Waals surface area contributed by atoms with Gasteiger partial charge >= 0.3 is 0 Å². The minimum Gasteiger partial charge on any atom is -0.493 e. The van der Waals surface area contributed by atoms with Gasteiger partial charge in [0.25, 0.3) is 5.91 Å². The summed E-state index contributed by atoms with van der Waals surface area (Å²) in [5.74, 6) is 1.22. The Morgan fingerprint density at radius 3 is 2.35 bits per heavy atom. The molecule has 6 nitrogen and oxygen atoms in total. The number of nitrogens with one attached hydrogen (secondary N) is 1. The number of hydrogen-bond acceptors (Lipinski definition) is 5. The van der Waals surface area contributed by atoms with Crippen molar-refractivity contribution < 1.29 is 19.0 Å². The third kappa shape index (κ3) is 5.53. The first-order valence-corrected chi connectivity index (χ1v) is 9.50. The number of amides is 1. The summed E-state index contributed by atoms with van der Waals surface area (Å²) < 4.78 is 15.9. The van der Waals surface area contributed by atoms with Crippen LogP contribution in [0.25, 0.3) is 0 Å². The van der Waals surface area contributed by atoms with Gasteiger partial charge in [-0.25, -0.2) is 0 Å². The zero-order valence-electron chi connectivity index (χ0n) is 16.3. The molecule has 26 heavy (non-hydrogen) atoms. The first kappa shape index (κ1) is 20.4. The second-order valence-electron chi connectivity index (χ2n) is 6.60. The van der Waals surface area contributed by atoms with Crippen molar-refractivity contribution in [3.8, 4) is 17.2 Å². The van der Waals surface area contributed by atoms with E-state index in [0.29, 0.717) is 29.4 Å². The molecule has 0 bridgehead atoms. The van der Waals surface area contributed by atoms with Gasteiger partial charge in [0.15, 0.2) is 11.5 Å². The van der Waals surface area contributed by atoms with Crippen LogP contribution in [0.3, 0.4) is 0 Å². The Morgan fingerprint density at radius 2 is 1.69 bits per heavy atom. The number of unbranched alkanes of at least 4 members (excludes halogenated alkanes) is 2. The van der Waals surface area contributed by atoms with Crippen LogP contribution in [0, 0.1) is 0 Å². The number of benzene rings is 1. The van der Waals surface area contributed by atoms with Gasteiger partial charge in [0.1, 0.15) is 0 Å². The number of carbonyl (C=O) groups excluding carboxylic acids is 1. The van der Waals surface area contributed by atoms with Crippen LogP contribution < -0.4 is 19.5 Å². The van der Waals surface area contributed by atoms with E-state index in [1.54, 1.807) is 19.2 Å². The Balaban J connectivity index is 1.77. The first-order chi connectivity index (χ1) is 12.7. The van der Waals surface area contributed by atoms with E-state index in [1.807, 2.05) is 0 Å². The predicted octanol–water partition coefficient (Wildman–Crippen LogP) is 3.10. The van der Waals surface area contributed by atoms with Crippen LogP contribution in [0.15, 0.2) is 12.1 Å². The zero-order valence-corrected chi connectivity index (χ0v) is 16.3. The largest absolute Gasteiger partial charge is 0.493 e. The van der Waals surface area contributed by atoms with Gasteiger partial charge in [-0.1, -0.05) is 12.8 Å². The molecule has 6 heteroatoms. The van der Waals surface area contributed by atoms with Crippen molar-refractivity contribution in [3.05, 3.63) is 17.7 Å². The fourth-order valence-corrected chi connectivity index (χ4v) is 3.40. The van der Waals surface area contributed by atoms with Gasteiger partial charge in [-0.3, -0.25) is 4.79 Å². The third-order valence-corrected chi connectivity index (χ3v) is 4.83. The molecule has 1 aromatic rings. The molecule has 0 radical (unpaired) electrons. The Labute approximate surface area is 156 Å². The third-order valence-electron chi connectivity index (χ3n) is 4.83. The van der Waals surface area contributed by atoms with E-state index in [2.05, 4.69) is 10.2 Å². The maximum atomic E-state index is 12.5. The monoisotopic (exact) mass is 364 g/mol. The molecule has 1 N–H and O–H groups in total. The van der Waals surface area contributed by atoms with Crippen LogP contribution in [0.1, 0.15) is 48.9 Å². The van der Waals surface area contributed by atoms with E-state index in [0.717, 1.165) is 12.8 Å².